The Labute approximate surface area is 125 Å². The third-order valence-corrected chi connectivity index (χ3v) is 4.64. The highest BCUT2D eigenvalue weighted by Gasteiger charge is 2.36. The number of hydrogen-bond acceptors (Lipinski definition) is 2. The van der Waals surface area contributed by atoms with Gasteiger partial charge in [-0.25, -0.2) is 0 Å². The Kier molecular flexibility index (Phi) is 6.09. The number of carbonyl (C=O) groups excluding carboxylic acids is 1. The molecule has 0 amide bonds. The van der Waals surface area contributed by atoms with Crippen LogP contribution < -0.4 is 0 Å². The van der Waals surface area contributed by atoms with Gasteiger partial charge in [0.2, 0.25) is 0 Å². The number of esters is 1. The van der Waals surface area contributed by atoms with Crippen molar-refractivity contribution in [2.75, 3.05) is 0 Å². The standard InChI is InChI=1S/C18H34O2/c1-7-14(13-17(2,3)4)16(19)20-18(5,6)15-11-9-8-10-12-15/h14-15H,7-13H2,1-6H3. The summed E-state index contributed by atoms with van der Waals surface area (Å²) in [7, 11) is 0. The Morgan fingerprint density at radius 1 is 1.10 bits per heavy atom. The highest BCUT2D eigenvalue weighted by atomic mass is 16.6. The van der Waals surface area contributed by atoms with E-state index in [1.54, 1.807) is 0 Å². The third-order valence-electron chi connectivity index (χ3n) is 4.64. The Hall–Kier alpha value is -0.530. The van der Waals surface area contributed by atoms with Gasteiger partial charge in [-0.2, -0.15) is 0 Å². The average Bonchev–Trinajstić information content (AvgIpc) is 2.35. The lowest BCUT2D eigenvalue weighted by Crippen LogP contribution is -2.40. The quantitative estimate of drug-likeness (QED) is 0.635. The Bertz CT molecular complexity index is 306. The lowest BCUT2D eigenvalue weighted by atomic mass is 9.78. The minimum Gasteiger partial charge on any atom is -0.459 e. The summed E-state index contributed by atoms with van der Waals surface area (Å²) >= 11 is 0. The molecule has 2 heteroatoms. The highest BCUT2D eigenvalue weighted by Crippen LogP contribution is 2.36. The van der Waals surface area contributed by atoms with Crippen LogP contribution in [0.2, 0.25) is 0 Å². The maximum Gasteiger partial charge on any atom is 0.309 e. The van der Waals surface area contributed by atoms with Crippen molar-refractivity contribution in [1.82, 2.24) is 0 Å². The van der Waals surface area contributed by atoms with Crippen LogP contribution in [0.25, 0.3) is 0 Å². The molecule has 1 aliphatic carbocycles. The van der Waals surface area contributed by atoms with Gasteiger partial charge in [0.05, 0.1) is 5.92 Å². The topological polar surface area (TPSA) is 26.3 Å². The van der Waals surface area contributed by atoms with Crippen molar-refractivity contribution in [1.29, 1.82) is 0 Å². The fourth-order valence-electron chi connectivity index (χ4n) is 3.36. The normalized spacial score (nSPS) is 19.7. The van der Waals surface area contributed by atoms with Gasteiger partial charge < -0.3 is 4.74 Å². The van der Waals surface area contributed by atoms with Gasteiger partial charge in [0.25, 0.3) is 0 Å². The summed E-state index contributed by atoms with van der Waals surface area (Å²) in [6.07, 6.45) is 8.09. The van der Waals surface area contributed by atoms with Crippen molar-refractivity contribution >= 4 is 5.97 Å². The molecule has 1 fully saturated rings. The monoisotopic (exact) mass is 282 g/mol. The first-order valence-electron chi connectivity index (χ1n) is 8.38. The Balaban J connectivity index is 2.61. The van der Waals surface area contributed by atoms with Crippen LogP contribution in [0.3, 0.4) is 0 Å². The van der Waals surface area contributed by atoms with Crippen molar-refractivity contribution in [2.24, 2.45) is 17.3 Å². The molecule has 0 aliphatic heterocycles. The van der Waals surface area contributed by atoms with Crippen LogP contribution in [0.5, 0.6) is 0 Å². The first-order valence-corrected chi connectivity index (χ1v) is 8.38. The second-order valence-corrected chi connectivity index (χ2v) is 8.23. The molecule has 0 heterocycles. The van der Waals surface area contributed by atoms with E-state index in [1.807, 2.05) is 0 Å². The molecule has 20 heavy (non-hydrogen) atoms. The van der Waals surface area contributed by atoms with Crippen LogP contribution in [0, 0.1) is 17.3 Å². The largest absolute Gasteiger partial charge is 0.459 e. The zero-order chi connectivity index (χ0) is 15.4. The molecule has 1 unspecified atom stereocenters. The van der Waals surface area contributed by atoms with Crippen molar-refractivity contribution in [2.45, 2.75) is 92.1 Å². The number of carbonyl (C=O) groups is 1. The predicted octanol–water partition coefficient (Wildman–Crippen LogP) is 5.35. The molecule has 0 spiro atoms. The van der Waals surface area contributed by atoms with E-state index in [4.69, 9.17) is 4.74 Å². The van der Waals surface area contributed by atoms with Gasteiger partial charge in [-0.15, -0.1) is 0 Å². The fraction of sp³-hybridized carbons (Fsp3) is 0.944. The summed E-state index contributed by atoms with van der Waals surface area (Å²) in [5.41, 5.74) is -0.127. The van der Waals surface area contributed by atoms with Crippen molar-refractivity contribution in [3.63, 3.8) is 0 Å². The molecule has 0 aromatic rings. The second kappa shape index (κ2) is 6.95. The molecule has 0 bridgehead atoms. The lowest BCUT2D eigenvalue weighted by Gasteiger charge is -2.37. The molecule has 118 valence electrons. The van der Waals surface area contributed by atoms with E-state index in [0.29, 0.717) is 5.92 Å². The molecule has 1 saturated carbocycles. The van der Waals surface area contributed by atoms with Gasteiger partial charge in [-0.1, -0.05) is 47.0 Å². The summed E-state index contributed by atoms with van der Waals surface area (Å²) in [6, 6.07) is 0. The van der Waals surface area contributed by atoms with Crippen molar-refractivity contribution < 1.29 is 9.53 Å². The van der Waals surface area contributed by atoms with E-state index >= 15 is 0 Å². The first kappa shape index (κ1) is 17.5. The van der Waals surface area contributed by atoms with E-state index in [0.717, 1.165) is 12.8 Å². The van der Waals surface area contributed by atoms with Gasteiger partial charge in [0, 0.05) is 0 Å². The molecule has 0 saturated heterocycles. The third kappa shape index (κ3) is 5.46. The summed E-state index contributed by atoms with van der Waals surface area (Å²) in [6.45, 7) is 12.9. The minimum absolute atomic E-state index is 0.0120. The van der Waals surface area contributed by atoms with Gasteiger partial charge in [-0.3, -0.25) is 4.79 Å². The van der Waals surface area contributed by atoms with Crippen molar-refractivity contribution in [3.05, 3.63) is 0 Å². The average molecular weight is 282 g/mol. The van der Waals surface area contributed by atoms with Crippen LogP contribution >= 0.6 is 0 Å². The van der Waals surface area contributed by atoms with E-state index in [9.17, 15) is 4.79 Å². The maximum atomic E-state index is 12.5. The minimum atomic E-state index is -0.303. The molecule has 0 aromatic carbocycles. The molecule has 2 nitrogen and oxygen atoms in total. The number of ether oxygens (including phenoxy) is 1. The predicted molar refractivity (Wildman–Crippen MR) is 84.6 cm³/mol. The molecule has 1 atom stereocenters. The smallest absolute Gasteiger partial charge is 0.309 e. The summed E-state index contributed by atoms with van der Waals surface area (Å²) in [4.78, 5) is 12.5. The van der Waals surface area contributed by atoms with Crippen molar-refractivity contribution in [3.8, 4) is 0 Å². The van der Waals surface area contributed by atoms with Crippen LogP contribution in [0.1, 0.15) is 86.5 Å². The molecule has 1 rings (SSSR count). The fourth-order valence-corrected chi connectivity index (χ4v) is 3.36. The van der Waals surface area contributed by atoms with Gasteiger partial charge in [-0.05, 0) is 50.9 Å². The molecular weight excluding hydrogens is 248 g/mol. The van der Waals surface area contributed by atoms with E-state index in [-0.39, 0.29) is 22.9 Å². The number of hydrogen-bond donors (Lipinski definition) is 0. The Morgan fingerprint density at radius 3 is 2.10 bits per heavy atom. The highest BCUT2D eigenvalue weighted by molar-refractivity contribution is 5.73. The SMILES string of the molecule is CCC(CC(C)(C)C)C(=O)OC(C)(C)C1CCCCC1. The number of rotatable bonds is 5. The van der Waals surface area contributed by atoms with Crippen LogP contribution in [0.15, 0.2) is 0 Å². The Morgan fingerprint density at radius 2 is 1.65 bits per heavy atom. The van der Waals surface area contributed by atoms with Crippen LogP contribution in [-0.4, -0.2) is 11.6 Å². The van der Waals surface area contributed by atoms with Crippen LogP contribution in [0.4, 0.5) is 0 Å². The molecular formula is C18H34O2. The van der Waals surface area contributed by atoms with Gasteiger partial charge in [0.15, 0.2) is 0 Å². The second-order valence-electron chi connectivity index (χ2n) is 8.23. The van der Waals surface area contributed by atoms with Gasteiger partial charge >= 0.3 is 5.97 Å². The zero-order valence-electron chi connectivity index (χ0n) is 14.4. The van der Waals surface area contributed by atoms with E-state index in [1.165, 1.54) is 32.1 Å². The van der Waals surface area contributed by atoms with Crippen LogP contribution in [-0.2, 0) is 9.53 Å². The summed E-state index contributed by atoms with van der Waals surface area (Å²) in [5.74, 6) is 0.586. The lowest BCUT2D eigenvalue weighted by molar-refractivity contribution is -0.169. The molecule has 1 aliphatic rings. The summed E-state index contributed by atoms with van der Waals surface area (Å²) in [5, 5.41) is 0. The molecule has 0 aromatic heterocycles. The van der Waals surface area contributed by atoms with Gasteiger partial charge in [0.1, 0.15) is 5.60 Å². The molecule has 0 radical (unpaired) electrons. The van der Waals surface area contributed by atoms with E-state index < -0.39 is 0 Å². The van der Waals surface area contributed by atoms with E-state index in [2.05, 4.69) is 41.5 Å². The first-order chi connectivity index (χ1) is 9.15. The molecule has 0 N–H and O–H groups in total. The summed E-state index contributed by atoms with van der Waals surface area (Å²) < 4.78 is 5.94. The maximum absolute atomic E-state index is 12.5. The zero-order valence-corrected chi connectivity index (χ0v) is 14.4.